The van der Waals surface area contributed by atoms with Crippen LogP contribution in [0.25, 0.3) is 0 Å². The Kier molecular flexibility index (Phi) is 4.29. The molecule has 1 aliphatic heterocycles. The first kappa shape index (κ1) is 14.6. The molecule has 0 bridgehead atoms. The maximum absolute atomic E-state index is 12.6. The van der Waals surface area contributed by atoms with Gasteiger partial charge in [-0.2, -0.15) is 0 Å². The van der Waals surface area contributed by atoms with E-state index in [1.54, 1.807) is 0 Å². The van der Waals surface area contributed by atoms with Gasteiger partial charge in [-0.3, -0.25) is 10.1 Å². The van der Waals surface area contributed by atoms with Crippen molar-refractivity contribution in [1.29, 1.82) is 0 Å². The van der Waals surface area contributed by atoms with Gasteiger partial charge in [0, 0.05) is 6.04 Å². The van der Waals surface area contributed by atoms with Crippen molar-refractivity contribution in [1.82, 2.24) is 10.2 Å². The zero-order valence-electron chi connectivity index (χ0n) is 13.1. The molecule has 1 saturated heterocycles. The molecule has 1 aromatic carbocycles. The lowest BCUT2D eigenvalue weighted by atomic mass is 10.0. The highest BCUT2D eigenvalue weighted by atomic mass is 16.2. The second kappa shape index (κ2) is 6.18. The highest BCUT2D eigenvalue weighted by molar-refractivity contribution is 5.84. The van der Waals surface area contributed by atoms with Gasteiger partial charge in [0.05, 0.1) is 6.04 Å². The van der Waals surface area contributed by atoms with Gasteiger partial charge in [-0.25, -0.2) is 0 Å². The number of carbonyl (C=O) groups excluding carboxylic acids is 1. The summed E-state index contributed by atoms with van der Waals surface area (Å²) in [6.07, 6.45) is 6.12. The Bertz CT molecular complexity index is 487. The van der Waals surface area contributed by atoms with E-state index < -0.39 is 0 Å². The van der Waals surface area contributed by atoms with Gasteiger partial charge >= 0.3 is 0 Å². The maximum atomic E-state index is 12.6. The molecule has 0 spiro atoms. The first-order valence-corrected chi connectivity index (χ1v) is 8.30. The standard InChI is InChI=1S/C18H26N2O/c1-13-7-6-10-16(12-11-13)20-17(19-14(2)18(20)21)15-8-4-3-5-9-15/h3-5,8-9,13-14,16-17,19H,6-7,10-12H2,1-2H3. The number of nitrogens with one attached hydrogen (secondary N) is 1. The molecule has 2 aliphatic rings. The average Bonchev–Trinajstić information content (AvgIpc) is 2.66. The minimum atomic E-state index is -0.0733. The zero-order chi connectivity index (χ0) is 14.8. The Balaban J connectivity index is 1.84. The highest BCUT2D eigenvalue weighted by Gasteiger charge is 2.41. The number of hydrogen-bond acceptors (Lipinski definition) is 2. The Morgan fingerprint density at radius 2 is 1.81 bits per heavy atom. The highest BCUT2D eigenvalue weighted by Crippen LogP contribution is 2.34. The van der Waals surface area contributed by atoms with E-state index >= 15 is 0 Å². The normalized spacial score (nSPS) is 34.0. The van der Waals surface area contributed by atoms with Crippen LogP contribution in [-0.4, -0.2) is 22.9 Å². The van der Waals surface area contributed by atoms with Gasteiger partial charge in [-0.05, 0) is 37.7 Å². The second-order valence-corrected chi connectivity index (χ2v) is 6.71. The van der Waals surface area contributed by atoms with Crippen LogP contribution in [0, 0.1) is 5.92 Å². The largest absolute Gasteiger partial charge is 0.319 e. The van der Waals surface area contributed by atoms with E-state index in [1.807, 2.05) is 13.0 Å². The molecule has 1 aliphatic carbocycles. The third-order valence-electron chi connectivity index (χ3n) is 5.05. The summed E-state index contributed by atoms with van der Waals surface area (Å²) < 4.78 is 0. The predicted octanol–water partition coefficient (Wildman–Crippen LogP) is 3.47. The van der Waals surface area contributed by atoms with Gasteiger partial charge in [-0.15, -0.1) is 0 Å². The summed E-state index contributed by atoms with van der Waals surface area (Å²) in [6.45, 7) is 4.32. The van der Waals surface area contributed by atoms with E-state index in [9.17, 15) is 4.79 Å². The summed E-state index contributed by atoms with van der Waals surface area (Å²) in [5.74, 6) is 1.07. The lowest BCUT2D eigenvalue weighted by molar-refractivity contribution is -0.132. The third-order valence-corrected chi connectivity index (χ3v) is 5.05. The molecule has 0 aromatic heterocycles. The molecule has 1 N–H and O–H groups in total. The second-order valence-electron chi connectivity index (χ2n) is 6.71. The van der Waals surface area contributed by atoms with Crippen molar-refractivity contribution in [3.63, 3.8) is 0 Å². The summed E-state index contributed by atoms with van der Waals surface area (Å²) >= 11 is 0. The zero-order valence-corrected chi connectivity index (χ0v) is 13.1. The fraction of sp³-hybridized carbons (Fsp3) is 0.611. The Labute approximate surface area is 127 Å². The van der Waals surface area contributed by atoms with Crippen LogP contribution in [0.3, 0.4) is 0 Å². The van der Waals surface area contributed by atoms with Crippen LogP contribution in [-0.2, 0) is 4.79 Å². The van der Waals surface area contributed by atoms with Gasteiger partial charge in [0.2, 0.25) is 5.91 Å². The smallest absolute Gasteiger partial charge is 0.241 e. The van der Waals surface area contributed by atoms with Crippen LogP contribution in [0.4, 0.5) is 0 Å². The lowest BCUT2D eigenvalue weighted by Gasteiger charge is -2.32. The molecule has 21 heavy (non-hydrogen) atoms. The van der Waals surface area contributed by atoms with Crippen LogP contribution in [0.2, 0.25) is 0 Å². The Hall–Kier alpha value is -1.35. The summed E-state index contributed by atoms with van der Waals surface area (Å²) in [7, 11) is 0. The molecular formula is C18H26N2O. The molecule has 1 amide bonds. The predicted molar refractivity (Wildman–Crippen MR) is 84.7 cm³/mol. The average molecular weight is 286 g/mol. The molecule has 0 radical (unpaired) electrons. The van der Waals surface area contributed by atoms with Crippen LogP contribution in [0.15, 0.2) is 30.3 Å². The number of benzene rings is 1. The molecule has 3 nitrogen and oxygen atoms in total. The first-order chi connectivity index (χ1) is 10.2. The third kappa shape index (κ3) is 2.98. The van der Waals surface area contributed by atoms with E-state index in [2.05, 4.69) is 41.4 Å². The van der Waals surface area contributed by atoms with Gasteiger partial charge < -0.3 is 4.90 Å². The molecule has 2 fully saturated rings. The minimum absolute atomic E-state index is 0.0482. The Morgan fingerprint density at radius 1 is 1.05 bits per heavy atom. The van der Waals surface area contributed by atoms with Gasteiger partial charge in [0.15, 0.2) is 0 Å². The molecule has 4 atom stereocenters. The van der Waals surface area contributed by atoms with E-state index in [0.717, 1.165) is 18.8 Å². The van der Waals surface area contributed by atoms with Crippen molar-refractivity contribution < 1.29 is 4.79 Å². The first-order valence-electron chi connectivity index (χ1n) is 8.30. The van der Waals surface area contributed by atoms with Crippen molar-refractivity contribution in [2.24, 2.45) is 5.92 Å². The van der Waals surface area contributed by atoms with E-state index in [-0.39, 0.29) is 18.1 Å². The summed E-state index contributed by atoms with van der Waals surface area (Å²) in [5.41, 5.74) is 1.20. The van der Waals surface area contributed by atoms with Crippen molar-refractivity contribution in [2.45, 2.75) is 64.2 Å². The monoisotopic (exact) mass is 286 g/mol. The number of hydrogen-bond donors (Lipinski definition) is 1. The van der Waals surface area contributed by atoms with Crippen LogP contribution in [0.1, 0.15) is 57.7 Å². The van der Waals surface area contributed by atoms with E-state index in [4.69, 9.17) is 0 Å². The molecule has 1 aromatic rings. The summed E-state index contributed by atoms with van der Waals surface area (Å²) in [4.78, 5) is 14.8. The topological polar surface area (TPSA) is 32.3 Å². The summed E-state index contributed by atoms with van der Waals surface area (Å²) in [6, 6.07) is 10.7. The molecule has 1 saturated carbocycles. The molecule has 3 heteroatoms. The van der Waals surface area contributed by atoms with Crippen molar-refractivity contribution >= 4 is 5.91 Å². The molecule has 114 valence electrons. The number of rotatable bonds is 2. The Morgan fingerprint density at radius 3 is 2.57 bits per heavy atom. The fourth-order valence-corrected chi connectivity index (χ4v) is 3.77. The number of amides is 1. The van der Waals surface area contributed by atoms with E-state index in [1.165, 1.54) is 24.8 Å². The molecular weight excluding hydrogens is 260 g/mol. The van der Waals surface area contributed by atoms with Crippen molar-refractivity contribution in [3.05, 3.63) is 35.9 Å². The quantitative estimate of drug-likeness (QED) is 0.844. The lowest BCUT2D eigenvalue weighted by Crippen LogP contribution is -2.39. The summed E-state index contributed by atoms with van der Waals surface area (Å²) in [5, 5.41) is 3.48. The molecule has 3 rings (SSSR count). The van der Waals surface area contributed by atoms with Crippen molar-refractivity contribution in [2.75, 3.05) is 0 Å². The fourth-order valence-electron chi connectivity index (χ4n) is 3.77. The van der Waals surface area contributed by atoms with E-state index in [0.29, 0.717) is 6.04 Å². The molecule has 1 heterocycles. The van der Waals surface area contributed by atoms with Gasteiger partial charge in [-0.1, -0.05) is 50.1 Å². The van der Waals surface area contributed by atoms with Crippen LogP contribution >= 0.6 is 0 Å². The minimum Gasteiger partial charge on any atom is -0.319 e. The van der Waals surface area contributed by atoms with Crippen molar-refractivity contribution in [3.8, 4) is 0 Å². The van der Waals surface area contributed by atoms with Crippen LogP contribution in [0.5, 0.6) is 0 Å². The number of carbonyl (C=O) groups is 1. The van der Waals surface area contributed by atoms with Crippen LogP contribution < -0.4 is 5.32 Å². The van der Waals surface area contributed by atoms with Gasteiger partial charge in [0.1, 0.15) is 6.17 Å². The van der Waals surface area contributed by atoms with Gasteiger partial charge in [0.25, 0.3) is 0 Å². The SMILES string of the molecule is CC1CCCC(N2C(=O)C(C)NC2c2ccccc2)CC1. The maximum Gasteiger partial charge on any atom is 0.241 e. The molecule has 4 unspecified atom stereocenters. The number of nitrogens with zero attached hydrogens (tertiary/aromatic N) is 1.